The zero-order valence-electron chi connectivity index (χ0n) is 15.7. The predicted octanol–water partition coefficient (Wildman–Crippen LogP) is 2.39. The summed E-state index contributed by atoms with van der Waals surface area (Å²) in [5.74, 6) is 2.82. The molecule has 0 aliphatic rings. The van der Waals surface area contributed by atoms with Crippen LogP contribution in [0.1, 0.15) is 40.5 Å². The zero-order chi connectivity index (χ0) is 17.2. The van der Waals surface area contributed by atoms with Crippen molar-refractivity contribution in [2.75, 3.05) is 37.9 Å². The average Bonchev–Trinajstić information content (AvgIpc) is 2.54. The van der Waals surface area contributed by atoms with Crippen molar-refractivity contribution >= 4 is 30.8 Å². The average molecular weight is 383 g/mol. The molecule has 0 saturated heterocycles. The van der Waals surface area contributed by atoms with E-state index in [1.165, 1.54) is 36.4 Å². The monoisotopic (exact) mass is 382 g/mol. The number of hydrogen-bond acceptors (Lipinski definition) is 5. The number of ether oxygens (including phenoxy) is 4. The van der Waals surface area contributed by atoms with E-state index in [9.17, 15) is 0 Å². The maximum Gasteiger partial charge on any atom is 0.134 e. The molecule has 0 aromatic rings. The summed E-state index contributed by atoms with van der Waals surface area (Å²) in [6, 6.07) is 2.65. The van der Waals surface area contributed by atoms with Gasteiger partial charge in [0.2, 0.25) is 0 Å². The van der Waals surface area contributed by atoms with Crippen molar-refractivity contribution in [1.29, 1.82) is 0 Å². The molecular formula is C16H38O4SSi2. The van der Waals surface area contributed by atoms with Crippen LogP contribution in [0.4, 0.5) is 0 Å². The highest BCUT2D eigenvalue weighted by Gasteiger charge is 2.08. The number of rotatable bonds is 18. The van der Waals surface area contributed by atoms with Gasteiger partial charge in [0, 0.05) is 26.4 Å². The van der Waals surface area contributed by atoms with E-state index >= 15 is 0 Å². The van der Waals surface area contributed by atoms with Gasteiger partial charge in [0.15, 0.2) is 0 Å². The van der Waals surface area contributed by atoms with E-state index in [0.717, 1.165) is 26.4 Å². The Balaban J connectivity index is 3.41. The van der Waals surface area contributed by atoms with E-state index in [1.54, 1.807) is 0 Å². The summed E-state index contributed by atoms with van der Waals surface area (Å²) in [6.45, 7) is 11.2. The van der Waals surface area contributed by atoms with Gasteiger partial charge in [-0.25, -0.2) is 0 Å². The molecule has 4 nitrogen and oxygen atoms in total. The first-order chi connectivity index (χ1) is 11.3. The molecule has 0 spiro atoms. The maximum atomic E-state index is 5.62. The van der Waals surface area contributed by atoms with Crippen LogP contribution in [0.2, 0.25) is 12.1 Å². The largest absolute Gasteiger partial charge is 0.357 e. The summed E-state index contributed by atoms with van der Waals surface area (Å²) in [4.78, 5) is 0. The quantitative estimate of drug-likeness (QED) is 0.207. The van der Waals surface area contributed by atoms with E-state index < -0.39 is 0 Å². The van der Waals surface area contributed by atoms with Gasteiger partial charge in [0.1, 0.15) is 11.8 Å². The Labute approximate surface area is 152 Å². The van der Waals surface area contributed by atoms with Gasteiger partial charge in [-0.3, -0.25) is 0 Å². The minimum atomic E-state index is -0.247. The van der Waals surface area contributed by atoms with Crippen LogP contribution in [0.3, 0.4) is 0 Å². The van der Waals surface area contributed by atoms with E-state index in [0.29, 0.717) is 0 Å². The van der Waals surface area contributed by atoms with Gasteiger partial charge in [0.25, 0.3) is 0 Å². The molecule has 0 saturated carbocycles. The smallest absolute Gasteiger partial charge is 0.134 e. The Morgan fingerprint density at radius 1 is 0.652 bits per heavy atom. The fourth-order valence-electron chi connectivity index (χ4n) is 2.31. The molecule has 0 unspecified atom stereocenters. The third-order valence-corrected chi connectivity index (χ3v) is 8.22. The van der Waals surface area contributed by atoms with Crippen LogP contribution < -0.4 is 0 Å². The molecule has 23 heavy (non-hydrogen) atoms. The van der Waals surface area contributed by atoms with Crippen LogP contribution in [-0.2, 0) is 18.9 Å². The summed E-state index contributed by atoms with van der Waals surface area (Å²) in [5.41, 5.74) is 0. The normalized spacial score (nSPS) is 12.8. The minimum Gasteiger partial charge on any atom is -0.357 e. The van der Waals surface area contributed by atoms with Crippen molar-refractivity contribution in [2.45, 2.75) is 64.5 Å². The van der Waals surface area contributed by atoms with Gasteiger partial charge < -0.3 is 18.9 Å². The van der Waals surface area contributed by atoms with Crippen LogP contribution >= 0.6 is 11.8 Å². The van der Waals surface area contributed by atoms with Crippen molar-refractivity contribution in [3.63, 3.8) is 0 Å². The lowest BCUT2D eigenvalue weighted by Gasteiger charge is -2.16. The molecule has 0 aromatic heterocycles. The van der Waals surface area contributed by atoms with Crippen molar-refractivity contribution in [3.05, 3.63) is 0 Å². The molecule has 0 heterocycles. The van der Waals surface area contributed by atoms with Crippen LogP contribution in [0.5, 0.6) is 0 Å². The Morgan fingerprint density at radius 2 is 1.00 bits per heavy atom. The highest BCUT2D eigenvalue weighted by molar-refractivity contribution is 7.99. The van der Waals surface area contributed by atoms with Crippen LogP contribution in [0, 0.1) is 0 Å². The molecule has 0 aromatic carbocycles. The molecule has 0 bridgehead atoms. The lowest BCUT2D eigenvalue weighted by molar-refractivity contribution is -0.0829. The Morgan fingerprint density at radius 3 is 1.30 bits per heavy atom. The summed E-state index contributed by atoms with van der Waals surface area (Å²) >= 11 is 2.09. The van der Waals surface area contributed by atoms with E-state index in [4.69, 9.17) is 18.9 Å². The topological polar surface area (TPSA) is 36.9 Å². The van der Waals surface area contributed by atoms with Crippen molar-refractivity contribution in [2.24, 2.45) is 0 Å². The summed E-state index contributed by atoms with van der Waals surface area (Å²) < 4.78 is 22.5. The SMILES string of the molecule is CCOC(OCC)[SiH2]CCCSCCC[SiH2]C(OCC)OCC. The second-order valence-corrected chi connectivity index (χ2v) is 10.4. The summed E-state index contributed by atoms with van der Waals surface area (Å²) in [5, 5.41) is 0. The minimum absolute atomic E-state index is 0.134. The molecule has 0 aliphatic carbocycles. The first kappa shape index (κ1) is 23.6. The Kier molecular flexibility index (Phi) is 19.5. The molecular weight excluding hydrogens is 344 g/mol. The van der Waals surface area contributed by atoms with Crippen LogP contribution in [0.25, 0.3) is 0 Å². The second kappa shape index (κ2) is 19.0. The molecule has 0 atom stereocenters. The lowest BCUT2D eigenvalue weighted by Crippen LogP contribution is -2.24. The fraction of sp³-hybridized carbons (Fsp3) is 1.00. The highest BCUT2D eigenvalue weighted by Crippen LogP contribution is 2.10. The van der Waals surface area contributed by atoms with Gasteiger partial charge in [-0.05, 0) is 52.0 Å². The highest BCUT2D eigenvalue weighted by atomic mass is 32.2. The summed E-state index contributed by atoms with van der Waals surface area (Å²) in [7, 11) is -0.495. The Bertz CT molecular complexity index is 204. The molecule has 140 valence electrons. The van der Waals surface area contributed by atoms with Gasteiger partial charge in [-0.15, -0.1) is 0 Å². The Hall–Kier alpha value is 0.624. The number of thioether (sulfide) groups is 1. The van der Waals surface area contributed by atoms with Crippen LogP contribution in [0.15, 0.2) is 0 Å². The third kappa shape index (κ3) is 15.9. The first-order valence-corrected chi connectivity index (χ1v) is 14.1. The van der Waals surface area contributed by atoms with Crippen LogP contribution in [-0.4, -0.2) is 68.8 Å². The maximum absolute atomic E-state index is 5.62. The van der Waals surface area contributed by atoms with E-state index in [-0.39, 0.29) is 30.9 Å². The molecule has 0 N–H and O–H groups in total. The van der Waals surface area contributed by atoms with Gasteiger partial charge in [-0.1, -0.05) is 12.1 Å². The molecule has 0 rings (SSSR count). The van der Waals surface area contributed by atoms with Gasteiger partial charge in [0.05, 0.1) is 19.0 Å². The number of hydrogen-bond donors (Lipinski definition) is 0. The van der Waals surface area contributed by atoms with Gasteiger partial charge >= 0.3 is 0 Å². The predicted molar refractivity (Wildman–Crippen MR) is 107 cm³/mol. The molecule has 0 aliphatic heterocycles. The van der Waals surface area contributed by atoms with Gasteiger partial charge in [-0.2, -0.15) is 11.8 Å². The standard InChI is InChI=1S/C16H38O4SSi2/c1-5-17-15(18-6-2)22-13-9-11-21-12-10-14-23-16(19-7-3)20-8-4/h15-16H,5-14,22-23H2,1-4H3. The van der Waals surface area contributed by atoms with Crippen molar-refractivity contribution in [1.82, 2.24) is 0 Å². The van der Waals surface area contributed by atoms with Crippen molar-refractivity contribution in [3.8, 4) is 0 Å². The molecule has 0 amide bonds. The van der Waals surface area contributed by atoms with E-state index in [2.05, 4.69) is 11.8 Å². The fourth-order valence-corrected chi connectivity index (χ4v) is 7.40. The van der Waals surface area contributed by atoms with Crippen molar-refractivity contribution < 1.29 is 18.9 Å². The molecule has 7 heteroatoms. The lowest BCUT2D eigenvalue weighted by atomic mass is 10.6. The van der Waals surface area contributed by atoms with E-state index in [1.807, 2.05) is 27.7 Å². The first-order valence-electron chi connectivity index (χ1n) is 9.32. The molecule has 0 fully saturated rings. The third-order valence-electron chi connectivity index (χ3n) is 3.37. The second-order valence-electron chi connectivity index (χ2n) is 5.28. The summed E-state index contributed by atoms with van der Waals surface area (Å²) in [6.07, 6.45) is 2.62. The zero-order valence-corrected chi connectivity index (χ0v) is 19.3. The molecule has 0 radical (unpaired) electrons.